The van der Waals surface area contributed by atoms with E-state index in [1.165, 1.54) is 0 Å². The number of amides is 3. The molecule has 0 atom stereocenters. The zero-order chi connectivity index (χ0) is 24.7. The number of carbonyl (C=O) groups excluding carboxylic acids is 2. The Morgan fingerprint density at radius 1 is 1.03 bits per heavy atom. The Balaban J connectivity index is 1.27. The van der Waals surface area contributed by atoms with Gasteiger partial charge in [0.2, 0.25) is 0 Å². The Morgan fingerprint density at radius 3 is 2.54 bits per heavy atom. The van der Waals surface area contributed by atoms with Gasteiger partial charge in [0.15, 0.2) is 0 Å². The van der Waals surface area contributed by atoms with Crippen molar-refractivity contribution in [2.24, 2.45) is 0 Å². The lowest BCUT2D eigenvalue weighted by molar-refractivity contribution is 0.0240. The van der Waals surface area contributed by atoms with Gasteiger partial charge in [-0.15, -0.1) is 0 Å². The number of pyridine rings is 2. The Hall–Kier alpha value is -3.82. The molecule has 0 spiro atoms. The summed E-state index contributed by atoms with van der Waals surface area (Å²) in [6.07, 6.45) is 5.99. The molecule has 0 aliphatic carbocycles. The van der Waals surface area contributed by atoms with Crippen molar-refractivity contribution in [3.05, 3.63) is 48.0 Å². The first-order chi connectivity index (χ1) is 16.7. The van der Waals surface area contributed by atoms with Gasteiger partial charge in [-0.2, -0.15) is 0 Å². The molecule has 1 saturated heterocycles. The first-order valence-corrected chi connectivity index (χ1v) is 11.9. The molecule has 0 bridgehead atoms. The van der Waals surface area contributed by atoms with Gasteiger partial charge < -0.3 is 24.3 Å². The third-order valence-corrected chi connectivity index (χ3v) is 6.19. The van der Waals surface area contributed by atoms with Crippen molar-refractivity contribution in [1.82, 2.24) is 19.3 Å². The van der Waals surface area contributed by atoms with Crippen molar-refractivity contribution in [3.8, 4) is 0 Å². The number of aromatic nitrogens is 3. The molecule has 5 heterocycles. The van der Waals surface area contributed by atoms with Crippen molar-refractivity contribution in [2.75, 3.05) is 47.8 Å². The van der Waals surface area contributed by atoms with Gasteiger partial charge in [-0.3, -0.25) is 4.90 Å². The SMILES string of the molecule is Cc1cn2cc(NC(=O)N3CCc4c(N5CCN(C(=O)OC(C)(C)C)CC5)ccnc43)ccc2n1. The molecule has 1 fully saturated rings. The molecular formula is C25H31N7O3. The van der Waals surface area contributed by atoms with Crippen molar-refractivity contribution in [2.45, 2.75) is 39.7 Å². The number of imidazole rings is 1. The number of urea groups is 1. The van der Waals surface area contributed by atoms with Crippen molar-refractivity contribution < 1.29 is 14.3 Å². The highest BCUT2D eigenvalue weighted by molar-refractivity contribution is 6.03. The van der Waals surface area contributed by atoms with Crippen LogP contribution in [0.1, 0.15) is 32.0 Å². The van der Waals surface area contributed by atoms with Crippen LogP contribution in [-0.2, 0) is 11.2 Å². The monoisotopic (exact) mass is 477 g/mol. The molecule has 2 aliphatic heterocycles. The summed E-state index contributed by atoms with van der Waals surface area (Å²) in [6, 6.07) is 5.52. The number of hydrogen-bond donors (Lipinski definition) is 1. The molecule has 184 valence electrons. The number of nitrogens with one attached hydrogen (secondary N) is 1. The minimum absolute atomic E-state index is 0.209. The van der Waals surface area contributed by atoms with E-state index in [1.54, 1.807) is 16.0 Å². The van der Waals surface area contributed by atoms with Crippen LogP contribution >= 0.6 is 0 Å². The summed E-state index contributed by atoms with van der Waals surface area (Å²) in [5.41, 5.74) is 4.09. The molecule has 5 rings (SSSR count). The Morgan fingerprint density at radius 2 is 1.80 bits per heavy atom. The van der Waals surface area contributed by atoms with E-state index in [1.807, 2.05) is 62.7 Å². The summed E-state index contributed by atoms with van der Waals surface area (Å²) in [5, 5.41) is 2.99. The minimum atomic E-state index is -0.506. The van der Waals surface area contributed by atoms with Crippen LogP contribution in [-0.4, -0.2) is 69.7 Å². The van der Waals surface area contributed by atoms with Crippen LogP contribution < -0.4 is 15.1 Å². The quantitative estimate of drug-likeness (QED) is 0.605. The Kier molecular flexibility index (Phi) is 5.74. The second kappa shape index (κ2) is 8.75. The largest absolute Gasteiger partial charge is 0.444 e. The molecule has 3 aromatic rings. The highest BCUT2D eigenvalue weighted by Gasteiger charge is 2.32. The third kappa shape index (κ3) is 4.73. The van der Waals surface area contributed by atoms with Gasteiger partial charge in [-0.05, 0) is 52.3 Å². The second-order valence-electron chi connectivity index (χ2n) is 9.98. The molecule has 0 aromatic carbocycles. The maximum absolute atomic E-state index is 13.1. The zero-order valence-corrected chi connectivity index (χ0v) is 20.6. The van der Waals surface area contributed by atoms with Crippen LogP contribution in [0.2, 0.25) is 0 Å². The van der Waals surface area contributed by atoms with Crippen LogP contribution in [0.3, 0.4) is 0 Å². The molecule has 3 amide bonds. The highest BCUT2D eigenvalue weighted by atomic mass is 16.6. The van der Waals surface area contributed by atoms with Gasteiger partial charge in [0.1, 0.15) is 17.1 Å². The predicted molar refractivity (Wildman–Crippen MR) is 134 cm³/mol. The van der Waals surface area contributed by atoms with Gasteiger partial charge >= 0.3 is 12.1 Å². The number of rotatable bonds is 2. The van der Waals surface area contributed by atoms with E-state index < -0.39 is 5.60 Å². The van der Waals surface area contributed by atoms with Crippen molar-refractivity contribution in [3.63, 3.8) is 0 Å². The van der Waals surface area contributed by atoms with Crippen LogP contribution in [0, 0.1) is 6.92 Å². The molecule has 0 unspecified atom stereocenters. The van der Waals surface area contributed by atoms with Crippen LogP contribution in [0.4, 0.5) is 26.8 Å². The smallest absolute Gasteiger partial charge is 0.410 e. The first kappa shape index (κ1) is 22.9. The fraction of sp³-hybridized carbons (Fsp3) is 0.440. The van der Waals surface area contributed by atoms with E-state index in [0.717, 1.165) is 29.0 Å². The summed E-state index contributed by atoms with van der Waals surface area (Å²) in [4.78, 5) is 40.2. The maximum atomic E-state index is 13.1. The molecule has 10 nitrogen and oxygen atoms in total. The summed E-state index contributed by atoms with van der Waals surface area (Å²) >= 11 is 0. The number of hydrogen-bond acceptors (Lipinski definition) is 6. The number of piperazine rings is 1. The lowest BCUT2D eigenvalue weighted by atomic mass is 10.1. The number of aryl methyl sites for hydroxylation is 1. The number of fused-ring (bicyclic) bond motifs is 2. The second-order valence-corrected chi connectivity index (χ2v) is 9.98. The Labute approximate surface area is 204 Å². The van der Waals surface area contributed by atoms with Crippen LogP contribution in [0.15, 0.2) is 36.8 Å². The van der Waals surface area contributed by atoms with E-state index in [2.05, 4.69) is 20.2 Å². The topological polar surface area (TPSA) is 95.3 Å². The lowest BCUT2D eigenvalue weighted by Crippen LogP contribution is -2.50. The zero-order valence-electron chi connectivity index (χ0n) is 20.6. The van der Waals surface area contributed by atoms with Gasteiger partial charge in [0.25, 0.3) is 0 Å². The molecule has 3 aromatic heterocycles. The normalized spacial score (nSPS) is 15.9. The van der Waals surface area contributed by atoms with Crippen molar-refractivity contribution >= 4 is 35.0 Å². The van der Waals surface area contributed by atoms with Crippen molar-refractivity contribution in [1.29, 1.82) is 0 Å². The number of nitrogens with zero attached hydrogens (tertiary/aromatic N) is 6. The average molecular weight is 478 g/mol. The van der Waals surface area contributed by atoms with Crippen LogP contribution in [0.25, 0.3) is 5.65 Å². The summed E-state index contributed by atoms with van der Waals surface area (Å²) in [6.45, 7) is 10.7. The fourth-order valence-corrected chi connectivity index (χ4v) is 4.61. The maximum Gasteiger partial charge on any atom is 0.410 e. The molecule has 0 radical (unpaired) electrons. The fourth-order valence-electron chi connectivity index (χ4n) is 4.61. The molecule has 2 aliphatic rings. The van der Waals surface area contributed by atoms with E-state index in [9.17, 15) is 9.59 Å². The van der Waals surface area contributed by atoms with Gasteiger partial charge in [0, 0.05) is 62.6 Å². The summed E-state index contributed by atoms with van der Waals surface area (Å²) in [5.74, 6) is 0.689. The number of ether oxygens (including phenoxy) is 1. The first-order valence-electron chi connectivity index (χ1n) is 11.9. The van der Waals surface area contributed by atoms with E-state index in [-0.39, 0.29) is 12.1 Å². The number of anilines is 3. The molecule has 35 heavy (non-hydrogen) atoms. The van der Waals surface area contributed by atoms with Gasteiger partial charge in [-0.1, -0.05) is 0 Å². The van der Waals surface area contributed by atoms with Gasteiger partial charge in [-0.25, -0.2) is 19.6 Å². The summed E-state index contributed by atoms with van der Waals surface area (Å²) < 4.78 is 7.41. The molecular weight excluding hydrogens is 446 g/mol. The standard InChI is InChI=1S/C25H31N7O3/c1-17-15-31-16-18(5-6-21(31)27-17)28-23(33)32-10-8-19-20(7-9-26-22(19)32)29-11-13-30(14-12-29)24(34)35-25(2,3)4/h5-7,9,15-16H,8,10-14H2,1-4H3,(H,28,33). The van der Waals surface area contributed by atoms with E-state index in [4.69, 9.17) is 4.74 Å². The average Bonchev–Trinajstić information content (AvgIpc) is 3.40. The molecule has 10 heteroatoms. The number of carbonyl (C=O) groups is 2. The lowest BCUT2D eigenvalue weighted by Gasteiger charge is -2.37. The Bertz CT molecular complexity index is 1270. The molecule has 0 saturated carbocycles. The predicted octanol–water partition coefficient (Wildman–Crippen LogP) is 3.69. The summed E-state index contributed by atoms with van der Waals surface area (Å²) in [7, 11) is 0. The van der Waals surface area contributed by atoms with E-state index in [0.29, 0.717) is 44.2 Å². The van der Waals surface area contributed by atoms with E-state index >= 15 is 0 Å². The minimum Gasteiger partial charge on any atom is -0.444 e. The molecule has 1 N–H and O–H groups in total. The third-order valence-electron chi connectivity index (χ3n) is 6.19. The van der Waals surface area contributed by atoms with Gasteiger partial charge in [0.05, 0.1) is 11.4 Å². The van der Waals surface area contributed by atoms with Crippen LogP contribution in [0.5, 0.6) is 0 Å². The highest BCUT2D eigenvalue weighted by Crippen LogP contribution is 2.34.